The first-order chi connectivity index (χ1) is 12.4. The maximum atomic E-state index is 13.0. The fourth-order valence-corrected chi connectivity index (χ4v) is 4.34. The molecule has 1 aliphatic rings. The molecule has 1 fully saturated rings. The summed E-state index contributed by atoms with van der Waals surface area (Å²) in [7, 11) is -3.74. The Hall–Kier alpha value is -2.32. The molecule has 1 heterocycles. The van der Waals surface area contributed by atoms with E-state index in [0.717, 1.165) is 12.1 Å². The van der Waals surface area contributed by atoms with E-state index in [9.17, 15) is 22.0 Å². The zero-order valence-electron chi connectivity index (χ0n) is 13.9. The van der Waals surface area contributed by atoms with Crippen molar-refractivity contribution in [1.29, 1.82) is 0 Å². The van der Waals surface area contributed by atoms with Crippen LogP contribution in [0.3, 0.4) is 0 Å². The summed E-state index contributed by atoms with van der Waals surface area (Å²) in [5.41, 5.74) is 0.362. The van der Waals surface area contributed by atoms with E-state index in [1.807, 2.05) is 0 Å². The van der Waals surface area contributed by atoms with E-state index in [-0.39, 0.29) is 30.4 Å². The highest BCUT2D eigenvalue weighted by Crippen LogP contribution is 2.19. The minimum Gasteiger partial charge on any atom is -0.337 e. The van der Waals surface area contributed by atoms with Gasteiger partial charge in [0.2, 0.25) is 10.0 Å². The predicted molar refractivity (Wildman–Crippen MR) is 92.1 cm³/mol. The zero-order valence-corrected chi connectivity index (χ0v) is 14.8. The highest BCUT2D eigenvalue weighted by Gasteiger charge is 2.28. The number of sulfonamides is 1. The molecular weight excluding hydrogens is 362 g/mol. The Morgan fingerprint density at radius 1 is 0.808 bits per heavy atom. The summed E-state index contributed by atoms with van der Waals surface area (Å²) in [5.74, 6) is -1.18. The Bertz CT molecular complexity index is 884. The molecular formula is C18H18F2N2O3S. The molecule has 0 bridgehead atoms. The predicted octanol–water partition coefficient (Wildman–Crippen LogP) is 2.50. The lowest BCUT2D eigenvalue weighted by molar-refractivity contribution is 0.0764. The molecule has 0 N–H and O–H groups in total. The molecule has 0 saturated carbocycles. The van der Waals surface area contributed by atoms with Gasteiger partial charge < -0.3 is 4.90 Å². The average Bonchev–Trinajstić information content (AvgIpc) is 2.89. The number of carbonyl (C=O) groups is 1. The summed E-state index contributed by atoms with van der Waals surface area (Å²) in [5, 5.41) is 0. The van der Waals surface area contributed by atoms with Crippen LogP contribution in [-0.4, -0.2) is 49.7 Å². The van der Waals surface area contributed by atoms with Crippen molar-refractivity contribution < 1.29 is 22.0 Å². The van der Waals surface area contributed by atoms with Crippen LogP contribution in [0.15, 0.2) is 53.4 Å². The number of nitrogens with zero attached hydrogens (tertiary/aromatic N) is 2. The molecule has 0 unspecified atom stereocenters. The van der Waals surface area contributed by atoms with Crippen LogP contribution >= 0.6 is 0 Å². The number of amides is 1. The molecule has 0 spiro atoms. The van der Waals surface area contributed by atoms with E-state index < -0.39 is 21.7 Å². The second kappa shape index (κ2) is 7.51. The number of halogens is 2. The number of rotatable bonds is 3. The van der Waals surface area contributed by atoms with Gasteiger partial charge in [-0.3, -0.25) is 4.79 Å². The number of benzene rings is 2. The molecule has 3 rings (SSSR count). The second-order valence-electron chi connectivity index (χ2n) is 6.01. The lowest BCUT2D eigenvalue weighted by Crippen LogP contribution is -2.37. The quantitative estimate of drug-likeness (QED) is 0.822. The molecule has 1 saturated heterocycles. The van der Waals surface area contributed by atoms with E-state index >= 15 is 0 Å². The van der Waals surface area contributed by atoms with Gasteiger partial charge in [0.1, 0.15) is 11.6 Å². The average molecular weight is 380 g/mol. The SMILES string of the molecule is O=C(c1ccc(F)cc1)N1CCCN(S(=O)(=O)c2ccc(F)cc2)CC1. The summed E-state index contributed by atoms with van der Waals surface area (Å²) in [6.45, 7) is 1.06. The first kappa shape index (κ1) is 18.5. The third-order valence-electron chi connectivity index (χ3n) is 4.28. The highest BCUT2D eigenvalue weighted by atomic mass is 32.2. The molecule has 26 heavy (non-hydrogen) atoms. The van der Waals surface area contributed by atoms with Crippen LogP contribution in [0, 0.1) is 11.6 Å². The third-order valence-corrected chi connectivity index (χ3v) is 6.20. The Balaban J connectivity index is 1.72. The van der Waals surface area contributed by atoms with Gasteiger partial charge in [-0.2, -0.15) is 4.31 Å². The Labute approximate surface area is 150 Å². The minimum absolute atomic E-state index is 0.0252. The summed E-state index contributed by atoms with van der Waals surface area (Å²) >= 11 is 0. The lowest BCUT2D eigenvalue weighted by Gasteiger charge is -2.22. The van der Waals surface area contributed by atoms with E-state index in [1.165, 1.54) is 40.7 Å². The van der Waals surface area contributed by atoms with Gasteiger partial charge in [0.05, 0.1) is 4.90 Å². The van der Waals surface area contributed by atoms with Crippen molar-refractivity contribution in [2.45, 2.75) is 11.3 Å². The number of hydrogen-bond acceptors (Lipinski definition) is 3. The normalized spacial score (nSPS) is 16.3. The van der Waals surface area contributed by atoms with Gasteiger partial charge in [-0.25, -0.2) is 17.2 Å². The molecule has 0 aromatic heterocycles. The number of carbonyl (C=O) groups excluding carboxylic acids is 1. The molecule has 2 aromatic carbocycles. The smallest absolute Gasteiger partial charge is 0.253 e. The maximum absolute atomic E-state index is 13.0. The molecule has 8 heteroatoms. The van der Waals surface area contributed by atoms with Crippen LogP contribution in [-0.2, 0) is 10.0 Å². The van der Waals surface area contributed by atoms with Gasteiger partial charge in [0.15, 0.2) is 0 Å². The second-order valence-corrected chi connectivity index (χ2v) is 7.95. The summed E-state index contributed by atoms with van der Waals surface area (Å²) < 4.78 is 52.7. The fraction of sp³-hybridized carbons (Fsp3) is 0.278. The van der Waals surface area contributed by atoms with Gasteiger partial charge >= 0.3 is 0 Å². The molecule has 1 aliphatic heterocycles. The van der Waals surface area contributed by atoms with E-state index in [2.05, 4.69) is 0 Å². The zero-order chi connectivity index (χ0) is 18.7. The molecule has 0 radical (unpaired) electrons. The summed E-state index contributed by atoms with van der Waals surface area (Å²) in [6.07, 6.45) is 0.480. The van der Waals surface area contributed by atoms with E-state index in [0.29, 0.717) is 18.5 Å². The summed E-state index contributed by atoms with van der Waals surface area (Å²) in [6, 6.07) is 9.94. The van der Waals surface area contributed by atoms with Crippen molar-refractivity contribution in [3.8, 4) is 0 Å². The van der Waals surface area contributed by atoms with Crippen LogP contribution < -0.4 is 0 Å². The van der Waals surface area contributed by atoms with E-state index in [4.69, 9.17) is 0 Å². The molecule has 0 aliphatic carbocycles. The van der Waals surface area contributed by atoms with Crippen molar-refractivity contribution in [2.24, 2.45) is 0 Å². The third kappa shape index (κ3) is 3.91. The van der Waals surface area contributed by atoms with Gasteiger partial charge in [0.25, 0.3) is 5.91 Å². The first-order valence-electron chi connectivity index (χ1n) is 8.18. The monoisotopic (exact) mass is 380 g/mol. The van der Waals surface area contributed by atoms with Crippen LogP contribution in [0.2, 0.25) is 0 Å². The van der Waals surface area contributed by atoms with Crippen molar-refractivity contribution >= 4 is 15.9 Å². The Kier molecular flexibility index (Phi) is 5.33. The van der Waals surface area contributed by atoms with Gasteiger partial charge in [0, 0.05) is 31.7 Å². The maximum Gasteiger partial charge on any atom is 0.253 e. The van der Waals surface area contributed by atoms with Crippen LogP contribution in [0.4, 0.5) is 8.78 Å². The molecule has 5 nitrogen and oxygen atoms in total. The largest absolute Gasteiger partial charge is 0.337 e. The van der Waals surface area contributed by atoms with Gasteiger partial charge in [-0.05, 0) is 55.0 Å². The van der Waals surface area contributed by atoms with Crippen LogP contribution in [0.5, 0.6) is 0 Å². The lowest BCUT2D eigenvalue weighted by atomic mass is 10.2. The molecule has 1 amide bonds. The Morgan fingerprint density at radius 2 is 1.38 bits per heavy atom. The van der Waals surface area contributed by atoms with E-state index in [1.54, 1.807) is 4.90 Å². The van der Waals surface area contributed by atoms with Crippen LogP contribution in [0.25, 0.3) is 0 Å². The van der Waals surface area contributed by atoms with Gasteiger partial charge in [-0.15, -0.1) is 0 Å². The van der Waals surface area contributed by atoms with Crippen molar-refractivity contribution in [2.75, 3.05) is 26.2 Å². The molecule has 2 aromatic rings. The fourth-order valence-electron chi connectivity index (χ4n) is 2.87. The van der Waals surface area contributed by atoms with Crippen molar-refractivity contribution in [1.82, 2.24) is 9.21 Å². The molecule has 0 atom stereocenters. The minimum atomic E-state index is -3.74. The number of hydrogen-bond donors (Lipinski definition) is 0. The first-order valence-corrected chi connectivity index (χ1v) is 9.62. The summed E-state index contributed by atoms with van der Waals surface area (Å²) in [4.78, 5) is 14.1. The topological polar surface area (TPSA) is 57.7 Å². The molecule has 138 valence electrons. The van der Waals surface area contributed by atoms with Crippen molar-refractivity contribution in [3.05, 3.63) is 65.7 Å². The highest BCUT2D eigenvalue weighted by molar-refractivity contribution is 7.89. The van der Waals surface area contributed by atoms with Gasteiger partial charge in [-0.1, -0.05) is 0 Å². The Morgan fingerprint density at radius 3 is 2.00 bits per heavy atom. The standard InChI is InChI=1S/C18H18F2N2O3S/c19-15-4-2-14(3-5-15)18(23)21-10-1-11-22(13-12-21)26(24,25)17-8-6-16(20)7-9-17/h2-9H,1,10-13H2. The van der Waals surface area contributed by atoms with Crippen LogP contribution in [0.1, 0.15) is 16.8 Å². The van der Waals surface area contributed by atoms with Crippen molar-refractivity contribution in [3.63, 3.8) is 0 Å².